The molecule has 0 bridgehead atoms. The fraction of sp³-hybridized carbons (Fsp3) is 0.357. The summed E-state index contributed by atoms with van der Waals surface area (Å²) in [6, 6.07) is 5.93. The van der Waals surface area contributed by atoms with Crippen LogP contribution in [0.4, 0.5) is 0 Å². The minimum absolute atomic E-state index is 0.616. The van der Waals surface area contributed by atoms with Crippen molar-refractivity contribution in [3.63, 3.8) is 0 Å². The first-order chi connectivity index (χ1) is 9.12. The highest BCUT2D eigenvalue weighted by molar-refractivity contribution is 9.10. The fourth-order valence-corrected chi connectivity index (χ4v) is 2.91. The molecule has 0 atom stereocenters. The Hall–Kier alpha value is -1.12. The normalized spacial score (nSPS) is 11.6. The summed E-state index contributed by atoms with van der Waals surface area (Å²) in [5.74, 6) is 1.25. The molecule has 19 heavy (non-hydrogen) atoms. The molecule has 1 aromatic rings. The zero-order chi connectivity index (χ0) is 14.4. The van der Waals surface area contributed by atoms with Gasteiger partial charge in [0.15, 0.2) is 11.5 Å². The molecule has 3 nitrogen and oxygen atoms in total. The van der Waals surface area contributed by atoms with Crippen LogP contribution >= 0.6 is 27.7 Å². The second-order valence-electron chi connectivity index (χ2n) is 3.65. The third-order valence-electron chi connectivity index (χ3n) is 2.70. The van der Waals surface area contributed by atoms with Crippen LogP contribution in [0.3, 0.4) is 0 Å². The molecule has 0 saturated carbocycles. The van der Waals surface area contributed by atoms with Crippen LogP contribution in [-0.4, -0.2) is 20.5 Å². The van der Waals surface area contributed by atoms with Crippen LogP contribution in [-0.2, 0) is 0 Å². The number of benzene rings is 1. The molecule has 0 amide bonds. The molecule has 0 saturated heterocycles. The van der Waals surface area contributed by atoms with E-state index in [1.165, 1.54) is 0 Å². The number of hydrogen-bond donors (Lipinski definition) is 0. The molecule has 0 N–H and O–H groups in total. The molecular weight excluding hydrogens is 326 g/mol. The molecule has 0 fully saturated rings. The summed E-state index contributed by atoms with van der Waals surface area (Å²) in [5.41, 5.74) is 1.49. The van der Waals surface area contributed by atoms with Crippen LogP contribution in [0.1, 0.15) is 18.9 Å². The van der Waals surface area contributed by atoms with Crippen molar-refractivity contribution in [3.05, 3.63) is 27.1 Å². The molecule has 0 spiro atoms. The van der Waals surface area contributed by atoms with Gasteiger partial charge in [-0.25, -0.2) is 0 Å². The second kappa shape index (κ2) is 7.46. The largest absolute Gasteiger partial charge is 0.493 e. The molecule has 1 aromatic carbocycles. The molecule has 0 aliphatic carbocycles. The maximum absolute atomic E-state index is 9.41. The van der Waals surface area contributed by atoms with Gasteiger partial charge < -0.3 is 9.47 Å². The third-order valence-corrected chi connectivity index (χ3v) is 4.34. The van der Waals surface area contributed by atoms with Crippen molar-refractivity contribution < 1.29 is 9.47 Å². The first-order valence-corrected chi connectivity index (χ1v) is 7.73. The fourth-order valence-electron chi connectivity index (χ4n) is 1.74. The van der Waals surface area contributed by atoms with Gasteiger partial charge in [-0.05, 0) is 40.7 Å². The van der Waals surface area contributed by atoms with Crippen LogP contribution < -0.4 is 9.47 Å². The molecular formula is C14H16BrNO2S. The van der Waals surface area contributed by atoms with Crippen LogP contribution in [0.5, 0.6) is 11.5 Å². The number of thioether (sulfide) groups is 1. The minimum Gasteiger partial charge on any atom is -0.493 e. The van der Waals surface area contributed by atoms with Crippen LogP contribution in [0.15, 0.2) is 21.5 Å². The van der Waals surface area contributed by atoms with Crippen molar-refractivity contribution in [2.24, 2.45) is 0 Å². The Balaban J connectivity index is 3.50. The third kappa shape index (κ3) is 3.46. The molecule has 0 aromatic heterocycles. The maximum Gasteiger partial charge on any atom is 0.161 e. The monoisotopic (exact) mass is 341 g/mol. The zero-order valence-electron chi connectivity index (χ0n) is 11.4. The number of ether oxygens (including phenoxy) is 2. The lowest BCUT2D eigenvalue weighted by Gasteiger charge is -2.13. The van der Waals surface area contributed by atoms with E-state index in [1.807, 2.05) is 25.3 Å². The van der Waals surface area contributed by atoms with Crippen molar-refractivity contribution >= 4 is 33.3 Å². The summed E-state index contributed by atoms with van der Waals surface area (Å²) in [6.07, 6.45) is 2.80. The Labute approximate surface area is 126 Å². The van der Waals surface area contributed by atoms with Gasteiger partial charge in [0.25, 0.3) is 0 Å². The summed E-state index contributed by atoms with van der Waals surface area (Å²) < 4.78 is 11.3. The Morgan fingerprint density at radius 3 is 2.32 bits per heavy atom. The Kier molecular flexibility index (Phi) is 6.26. The molecule has 102 valence electrons. The van der Waals surface area contributed by atoms with Gasteiger partial charge >= 0.3 is 0 Å². The summed E-state index contributed by atoms with van der Waals surface area (Å²) in [5, 5.41) is 9.41. The van der Waals surface area contributed by atoms with E-state index in [4.69, 9.17) is 9.47 Å². The first-order valence-electron chi connectivity index (χ1n) is 5.72. The van der Waals surface area contributed by atoms with E-state index >= 15 is 0 Å². The average Bonchev–Trinajstić information content (AvgIpc) is 2.44. The van der Waals surface area contributed by atoms with Crippen molar-refractivity contribution in [1.82, 2.24) is 0 Å². The lowest BCUT2D eigenvalue weighted by atomic mass is 10.1. The predicted octanol–water partition coefficient (Wildman–Crippen LogP) is 4.47. The summed E-state index contributed by atoms with van der Waals surface area (Å²) in [4.78, 5) is 1.05. The second-order valence-corrected chi connectivity index (χ2v) is 5.41. The van der Waals surface area contributed by atoms with Crippen LogP contribution in [0.2, 0.25) is 0 Å². The highest BCUT2D eigenvalue weighted by Crippen LogP contribution is 2.38. The van der Waals surface area contributed by atoms with Crippen molar-refractivity contribution in [2.75, 3.05) is 20.5 Å². The average molecular weight is 342 g/mol. The standard InChI is InChI=1S/C14H16BrNO2S/c1-5-14(19-4)10(8-16)9-6-12(17-2)13(18-3)7-11(9)15/h6-7H,5H2,1-4H3/b14-10-. The smallest absolute Gasteiger partial charge is 0.161 e. The molecule has 0 unspecified atom stereocenters. The Bertz CT molecular complexity index is 529. The van der Waals surface area contributed by atoms with E-state index in [2.05, 4.69) is 22.0 Å². The van der Waals surface area contributed by atoms with E-state index in [-0.39, 0.29) is 0 Å². The van der Waals surface area contributed by atoms with Gasteiger partial charge in [0.2, 0.25) is 0 Å². The molecule has 5 heteroatoms. The highest BCUT2D eigenvalue weighted by Gasteiger charge is 2.15. The number of nitriles is 1. The van der Waals surface area contributed by atoms with Crippen molar-refractivity contribution in [3.8, 4) is 17.6 Å². The summed E-state index contributed by atoms with van der Waals surface area (Å²) >= 11 is 5.08. The van der Waals surface area contributed by atoms with Gasteiger partial charge in [-0.3, -0.25) is 0 Å². The molecule has 1 rings (SSSR count). The van der Waals surface area contributed by atoms with Gasteiger partial charge in [0.1, 0.15) is 6.07 Å². The topological polar surface area (TPSA) is 42.2 Å². The predicted molar refractivity (Wildman–Crippen MR) is 83.6 cm³/mol. The van der Waals surface area contributed by atoms with E-state index in [9.17, 15) is 5.26 Å². The van der Waals surface area contributed by atoms with Gasteiger partial charge in [-0.1, -0.05) is 6.92 Å². The molecule has 0 aliphatic heterocycles. The van der Waals surface area contributed by atoms with Gasteiger partial charge in [0, 0.05) is 14.9 Å². The van der Waals surface area contributed by atoms with E-state index in [0.717, 1.165) is 21.4 Å². The van der Waals surface area contributed by atoms with E-state index in [0.29, 0.717) is 17.1 Å². The van der Waals surface area contributed by atoms with E-state index < -0.39 is 0 Å². The SMILES string of the molecule is CC/C(SC)=C(\C#N)c1cc(OC)c(OC)cc1Br. The molecule has 0 aliphatic rings. The molecule has 0 radical (unpaired) electrons. The number of halogens is 1. The van der Waals surface area contributed by atoms with Crippen molar-refractivity contribution in [1.29, 1.82) is 5.26 Å². The number of rotatable bonds is 5. The lowest BCUT2D eigenvalue weighted by Crippen LogP contribution is -1.95. The highest BCUT2D eigenvalue weighted by atomic mass is 79.9. The summed E-state index contributed by atoms with van der Waals surface area (Å²) in [7, 11) is 3.17. The quantitative estimate of drug-likeness (QED) is 0.740. The van der Waals surface area contributed by atoms with Crippen molar-refractivity contribution in [2.45, 2.75) is 13.3 Å². The van der Waals surface area contributed by atoms with Gasteiger partial charge in [-0.2, -0.15) is 5.26 Å². The van der Waals surface area contributed by atoms with E-state index in [1.54, 1.807) is 26.0 Å². The van der Waals surface area contributed by atoms with Crippen LogP contribution in [0.25, 0.3) is 5.57 Å². The number of methoxy groups -OCH3 is 2. The minimum atomic E-state index is 0.616. The number of nitrogens with zero attached hydrogens (tertiary/aromatic N) is 1. The lowest BCUT2D eigenvalue weighted by molar-refractivity contribution is 0.354. The summed E-state index contributed by atoms with van der Waals surface area (Å²) in [6.45, 7) is 2.04. The first kappa shape index (κ1) is 15.9. The van der Waals surface area contributed by atoms with Gasteiger partial charge in [-0.15, -0.1) is 11.8 Å². The Morgan fingerprint density at radius 1 is 1.32 bits per heavy atom. The maximum atomic E-state index is 9.41. The zero-order valence-corrected chi connectivity index (χ0v) is 13.8. The van der Waals surface area contributed by atoms with Crippen LogP contribution in [0, 0.1) is 11.3 Å². The van der Waals surface area contributed by atoms with Gasteiger partial charge in [0.05, 0.1) is 19.8 Å². The number of hydrogen-bond acceptors (Lipinski definition) is 4. The number of allylic oxidation sites excluding steroid dienone is 2. The molecule has 0 heterocycles. The Morgan fingerprint density at radius 2 is 1.89 bits per heavy atom.